The molecule has 1 unspecified atom stereocenters. The minimum atomic E-state index is -0.665. The van der Waals surface area contributed by atoms with Crippen LogP contribution in [0.25, 0.3) is 0 Å². The fourth-order valence-corrected chi connectivity index (χ4v) is 3.96. The molecule has 0 bridgehead atoms. The molecule has 2 aliphatic rings. The van der Waals surface area contributed by atoms with E-state index in [-0.39, 0.29) is 23.2 Å². The van der Waals surface area contributed by atoms with Crippen LogP contribution in [-0.4, -0.2) is 23.5 Å². The van der Waals surface area contributed by atoms with Crippen molar-refractivity contribution in [3.8, 4) is 0 Å². The number of rotatable bonds is 4. The van der Waals surface area contributed by atoms with Crippen molar-refractivity contribution in [1.29, 1.82) is 0 Å². The molecule has 0 spiro atoms. The second kappa shape index (κ2) is 6.80. The molecule has 2 N–H and O–H groups in total. The highest BCUT2D eigenvalue weighted by atomic mass is 16.4. The van der Waals surface area contributed by atoms with Crippen LogP contribution in [0.15, 0.2) is 0 Å². The topological polar surface area (TPSA) is 66.4 Å². The normalized spacial score (nSPS) is 32.4. The first-order chi connectivity index (χ1) is 9.90. The van der Waals surface area contributed by atoms with Crippen molar-refractivity contribution < 1.29 is 14.7 Å². The van der Waals surface area contributed by atoms with E-state index in [4.69, 9.17) is 5.11 Å². The minimum Gasteiger partial charge on any atom is -0.481 e. The molecule has 0 radical (unpaired) electrons. The van der Waals surface area contributed by atoms with Crippen LogP contribution in [-0.2, 0) is 9.59 Å². The lowest BCUT2D eigenvalue weighted by Crippen LogP contribution is -2.43. The molecule has 0 aromatic heterocycles. The number of hydrogen-bond donors (Lipinski definition) is 2. The number of hydrogen-bond acceptors (Lipinski definition) is 2. The highest BCUT2D eigenvalue weighted by molar-refractivity contribution is 5.79. The van der Waals surface area contributed by atoms with E-state index < -0.39 is 5.97 Å². The van der Waals surface area contributed by atoms with Crippen LogP contribution in [0.2, 0.25) is 0 Å². The number of carbonyl (C=O) groups is 2. The lowest BCUT2D eigenvalue weighted by molar-refractivity contribution is -0.143. The first-order valence-electron chi connectivity index (χ1n) is 8.40. The van der Waals surface area contributed by atoms with Gasteiger partial charge in [0, 0.05) is 12.5 Å². The van der Waals surface area contributed by atoms with E-state index in [1.165, 1.54) is 6.42 Å². The first-order valence-corrected chi connectivity index (χ1v) is 8.40. The Balaban J connectivity index is 1.76. The molecule has 2 rings (SSSR count). The van der Waals surface area contributed by atoms with Crippen LogP contribution < -0.4 is 5.32 Å². The Morgan fingerprint density at radius 1 is 1.10 bits per heavy atom. The van der Waals surface area contributed by atoms with Crippen LogP contribution in [0.5, 0.6) is 0 Å². The molecule has 2 aliphatic carbocycles. The third kappa shape index (κ3) is 4.21. The zero-order chi connectivity index (χ0) is 15.5. The Bertz CT molecular complexity index is 383. The van der Waals surface area contributed by atoms with Gasteiger partial charge in [0.05, 0.1) is 5.92 Å². The number of aliphatic carboxylic acids is 1. The van der Waals surface area contributed by atoms with Crippen LogP contribution >= 0.6 is 0 Å². The third-order valence-electron chi connectivity index (χ3n) is 5.58. The monoisotopic (exact) mass is 295 g/mol. The molecule has 1 amide bonds. The second-order valence-electron chi connectivity index (χ2n) is 7.59. The van der Waals surface area contributed by atoms with Crippen LogP contribution in [0.4, 0.5) is 0 Å². The fourth-order valence-electron chi connectivity index (χ4n) is 3.96. The summed E-state index contributed by atoms with van der Waals surface area (Å²) >= 11 is 0. The molecule has 0 aromatic rings. The van der Waals surface area contributed by atoms with Crippen molar-refractivity contribution in [2.45, 2.75) is 65.2 Å². The molecule has 21 heavy (non-hydrogen) atoms. The Labute approximate surface area is 127 Å². The number of carboxylic acids is 1. The average molecular weight is 295 g/mol. The number of carbonyl (C=O) groups excluding carboxylic acids is 1. The number of nitrogens with one attached hydrogen (secondary N) is 1. The summed E-state index contributed by atoms with van der Waals surface area (Å²) < 4.78 is 0. The maximum absolute atomic E-state index is 12.4. The van der Waals surface area contributed by atoms with Crippen molar-refractivity contribution >= 4 is 11.9 Å². The highest BCUT2D eigenvalue weighted by Crippen LogP contribution is 2.40. The van der Waals surface area contributed by atoms with Gasteiger partial charge in [0.15, 0.2) is 0 Å². The molecular formula is C17H29NO3. The summed E-state index contributed by atoms with van der Waals surface area (Å²) in [6, 6.07) is 0. The largest absolute Gasteiger partial charge is 0.481 e. The SMILES string of the molecule is CC1(C)CCCCC1C(=O)NCC1CCC(C(=O)O)CC1. The molecule has 1 atom stereocenters. The predicted molar refractivity (Wildman–Crippen MR) is 81.8 cm³/mol. The molecule has 0 aromatic carbocycles. The molecule has 0 aliphatic heterocycles. The molecule has 120 valence electrons. The van der Waals surface area contributed by atoms with E-state index in [1.54, 1.807) is 0 Å². The van der Waals surface area contributed by atoms with Gasteiger partial charge in [0.25, 0.3) is 0 Å². The standard InChI is InChI=1S/C17H29NO3/c1-17(2)10-4-3-5-14(17)15(19)18-11-12-6-8-13(9-7-12)16(20)21/h12-14H,3-11H2,1-2H3,(H,18,19)(H,20,21). The summed E-state index contributed by atoms with van der Waals surface area (Å²) in [6.45, 7) is 5.13. The van der Waals surface area contributed by atoms with Gasteiger partial charge >= 0.3 is 5.97 Å². The Morgan fingerprint density at radius 3 is 2.33 bits per heavy atom. The van der Waals surface area contributed by atoms with Gasteiger partial charge in [0.1, 0.15) is 0 Å². The van der Waals surface area contributed by atoms with Crippen molar-refractivity contribution in [1.82, 2.24) is 5.32 Å². The maximum Gasteiger partial charge on any atom is 0.306 e. The van der Waals surface area contributed by atoms with Gasteiger partial charge in [-0.15, -0.1) is 0 Å². The zero-order valence-electron chi connectivity index (χ0n) is 13.4. The second-order valence-corrected chi connectivity index (χ2v) is 7.59. The smallest absolute Gasteiger partial charge is 0.306 e. The van der Waals surface area contributed by atoms with Crippen LogP contribution in [0.1, 0.15) is 65.2 Å². The Hall–Kier alpha value is -1.06. The summed E-state index contributed by atoms with van der Waals surface area (Å²) in [5.41, 5.74) is 0.114. The summed E-state index contributed by atoms with van der Waals surface area (Å²) in [5, 5.41) is 12.1. The molecule has 0 saturated heterocycles. The highest BCUT2D eigenvalue weighted by Gasteiger charge is 2.37. The summed E-state index contributed by atoms with van der Waals surface area (Å²) in [5.74, 6) is -0.0337. The van der Waals surface area contributed by atoms with Crippen molar-refractivity contribution in [2.75, 3.05) is 6.54 Å². The van der Waals surface area contributed by atoms with Gasteiger partial charge in [-0.25, -0.2) is 0 Å². The summed E-state index contributed by atoms with van der Waals surface area (Å²) in [7, 11) is 0. The predicted octanol–water partition coefficient (Wildman–Crippen LogP) is 3.21. The van der Waals surface area contributed by atoms with Gasteiger partial charge < -0.3 is 10.4 Å². The van der Waals surface area contributed by atoms with Gasteiger partial charge in [0.2, 0.25) is 5.91 Å². The van der Waals surface area contributed by atoms with Gasteiger partial charge in [-0.3, -0.25) is 9.59 Å². The van der Waals surface area contributed by atoms with Gasteiger partial charge in [-0.1, -0.05) is 26.7 Å². The van der Waals surface area contributed by atoms with E-state index in [0.29, 0.717) is 5.92 Å². The van der Waals surface area contributed by atoms with Crippen molar-refractivity contribution in [2.24, 2.45) is 23.2 Å². The first kappa shape index (κ1) is 16.3. The molecule has 4 nitrogen and oxygen atoms in total. The number of amides is 1. The maximum atomic E-state index is 12.4. The van der Waals surface area contributed by atoms with Crippen molar-refractivity contribution in [3.63, 3.8) is 0 Å². The molecular weight excluding hydrogens is 266 g/mol. The van der Waals surface area contributed by atoms with E-state index in [0.717, 1.165) is 51.5 Å². The average Bonchev–Trinajstić information content (AvgIpc) is 2.44. The molecule has 2 fully saturated rings. The van der Waals surface area contributed by atoms with E-state index in [1.807, 2.05) is 0 Å². The lowest BCUT2D eigenvalue weighted by atomic mass is 9.68. The fraction of sp³-hybridized carbons (Fsp3) is 0.882. The third-order valence-corrected chi connectivity index (χ3v) is 5.58. The Morgan fingerprint density at radius 2 is 1.76 bits per heavy atom. The van der Waals surface area contributed by atoms with E-state index >= 15 is 0 Å². The van der Waals surface area contributed by atoms with Gasteiger partial charge in [-0.2, -0.15) is 0 Å². The van der Waals surface area contributed by atoms with Gasteiger partial charge in [-0.05, 0) is 49.9 Å². The molecule has 4 heteroatoms. The summed E-state index contributed by atoms with van der Waals surface area (Å²) in [6.07, 6.45) is 7.88. The number of carboxylic acid groups (broad SMARTS) is 1. The lowest BCUT2D eigenvalue weighted by Gasteiger charge is -2.38. The Kier molecular flexibility index (Phi) is 5.28. The van der Waals surface area contributed by atoms with E-state index in [2.05, 4.69) is 19.2 Å². The quantitative estimate of drug-likeness (QED) is 0.837. The molecule has 2 saturated carbocycles. The summed E-state index contributed by atoms with van der Waals surface area (Å²) in [4.78, 5) is 23.4. The van der Waals surface area contributed by atoms with Crippen LogP contribution in [0.3, 0.4) is 0 Å². The minimum absolute atomic E-state index is 0.114. The van der Waals surface area contributed by atoms with E-state index in [9.17, 15) is 9.59 Å². The zero-order valence-corrected chi connectivity index (χ0v) is 13.4. The van der Waals surface area contributed by atoms with Crippen molar-refractivity contribution in [3.05, 3.63) is 0 Å². The molecule has 0 heterocycles. The van der Waals surface area contributed by atoms with Crippen LogP contribution in [0, 0.1) is 23.2 Å².